The molecule has 0 aromatic carbocycles. The molecule has 8 heteroatoms. The highest BCUT2D eigenvalue weighted by molar-refractivity contribution is 7.89. The second-order valence-electron chi connectivity index (χ2n) is 4.95. The summed E-state index contributed by atoms with van der Waals surface area (Å²) < 4.78 is 27.1. The van der Waals surface area contributed by atoms with Crippen molar-refractivity contribution in [2.45, 2.75) is 30.3 Å². The Hall–Kier alpha value is -1.15. The van der Waals surface area contributed by atoms with Gasteiger partial charge in [-0.25, -0.2) is 13.4 Å². The number of sulfonamides is 1. The molecule has 0 amide bonds. The SMILES string of the molecule is Nc1ncc(S(=O)(=O)N(Cc2ccsc2)C2CC2)cc1Cl. The lowest BCUT2D eigenvalue weighted by Crippen LogP contribution is -2.32. The Labute approximate surface area is 132 Å². The number of nitrogens with two attached hydrogens (primary N) is 1. The Kier molecular flexibility index (Phi) is 3.92. The summed E-state index contributed by atoms with van der Waals surface area (Å²) in [6.45, 7) is 0.374. The van der Waals surface area contributed by atoms with E-state index >= 15 is 0 Å². The summed E-state index contributed by atoms with van der Waals surface area (Å²) in [6, 6.07) is 3.36. The van der Waals surface area contributed by atoms with Crippen LogP contribution in [0.5, 0.6) is 0 Å². The van der Waals surface area contributed by atoms with Gasteiger partial charge in [-0.3, -0.25) is 0 Å². The minimum atomic E-state index is -3.62. The van der Waals surface area contributed by atoms with Gasteiger partial charge < -0.3 is 5.73 Å². The number of aromatic nitrogens is 1. The molecule has 21 heavy (non-hydrogen) atoms. The van der Waals surface area contributed by atoms with E-state index in [-0.39, 0.29) is 21.8 Å². The predicted molar refractivity (Wildman–Crippen MR) is 83.7 cm³/mol. The molecule has 1 fully saturated rings. The van der Waals surface area contributed by atoms with Crippen LogP contribution in [0, 0.1) is 0 Å². The van der Waals surface area contributed by atoms with E-state index in [1.165, 1.54) is 16.6 Å². The number of halogens is 1. The standard InChI is InChI=1S/C13H14ClN3O2S2/c14-12-5-11(6-16-13(12)15)21(18,19)17(10-1-2-10)7-9-3-4-20-8-9/h3-6,8,10H,1-2,7H2,(H2,15,16). The van der Waals surface area contributed by atoms with Crippen LogP contribution in [0.4, 0.5) is 5.82 Å². The molecule has 1 saturated carbocycles. The highest BCUT2D eigenvalue weighted by Crippen LogP contribution is 2.34. The van der Waals surface area contributed by atoms with E-state index in [0.717, 1.165) is 18.4 Å². The van der Waals surface area contributed by atoms with Crippen molar-refractivity contribution in [2.24, 2.45) is 0 Å². The average Bonchev–Trinajstić information content (AvgIpc) is 3.15. The molecule has 0 atom stereocenters. The lowest BCUT2D eigenvalue weighted by molar-refractivity contribution is 0.399. The fraction of sp³-hybridized carbons (Fsp3) is 0.308. The molecule has 5 nitrogen and oxygen atoms in total. The molecular formula is C13H14ClN3O2S2. The number of anilines is 1. The van der Waals surface area contributed by atoms with Crippen LogP contribution in [0.25, 0.3) is 0 Å². The Balaban J connectivity index is 1.95. The van der Waals surface area contributed by atoms with Gasteiger partial charge in [-0.2, -0.15) is 15.6 Å². The molecule has 0 saturated heterocycles. The molecule has 0 spiro atoms. The largest absolute Gasteiger partial charge is 0.382 e. The Morgan fingerprint density at radius 2 is 2.24 bits per heavy atom. The Bertz CT molecular complexity index is 743. The van der Waals surface area contributed by atoms with E-state index in [1.54, 1.807) is 11.3 Å². The number of rotatable bonds is 5. The minimum absolute atomic E-state index is 0.0613. The van der Waals surface area contributed by atoms with Gasteiger partial charge >= 0.3 is 0 Å². The normalized spacial score (nSPS) is 15.5. The zero-order chi connectivity index (χ0) is 15.0. The van der Waals surface area contributed by atoms with Crippen LogP contribution in [0.15, 0.2) is 34.0 Å². The quantitative estimate of drug-likeness (QED) is 0.905. The van der Waals surface area contributed by atoms with Crippen LogP contribution in [-0.4, -0.2) is 23.7 Å². The second kappa shape index (κ2) is 5.57. The fourth-order valence-electron chi connectivity index (χ4n) is 2.04. The zero-order valence-corrected chi connectivity index (χ0v) is 13.5. The van der Waals surface area contributed by atoms with E-state index in [2.05, 4.69) is 4.98 Å². The molecule has 2 heterocycles. The summed E-state index contributed by atoms with van der Waals surface area (Å²) >= 11 is 7.45. The first-order valence-electron chi connectivity index (χ1n) is 6.42. The number of pyridine rings is 1. The van der Waals surface area contributed by atoms with Gasteiger partial charge in [0.25, 0.3) is 0 Å². The van der Waals surface area contributed by atoms with Crippen molar-refractivity contribution >= 4 is 38.8 Å². The monoisotopic (exact) mass is 343 g/mol. The van der Waals surface area contributed by atoms with E-state index in [9.17, 15) is 8.42 Å². The first kappa shape index (κ1) is 14.8. The number of nitrogens with zero attached hydrogens (tertiary/aromatic N) is 2. The van der Waals surface area contributed by atoms with Crippen LogP contribution in [0.3, 0.4) is 0 Å². The van der Waals surface area contributed by atoms with Gasteiger partial charge in [0, 0.05) is 18.8 Å². The van der Waals surface area contributed by atoms with Crippen molar-refractivity contribution in [2.75, 3.05) is 5.73 Å². The highest BCUT2D eigenvalue weighted by Gasteiger charge is 2.38. The van der Waals surface area contributed by atoms with Crippen molar-refractivity contribution < 1.29 is 8.42 Å². The molecule has 1 aliphatic carbocycles. The molecule has 2 aromatic heterocycles. The smallest absolute Gasteiger partial charge is 0.245 e. The maximum absolute atomic E-state index is 12.8. The van der Waals surface area contributed by atoms with Crippen LogP contribution in [0.2, 0.25) is 5.02 Å². The molecule has 1 aliphatic rings. The topological polar surface area (TPSA) is 76.3 Å². The lowest BCUT2D eigenvalue weighted by atomic mass is 10.3. The average molecular weight is 344 g/mol. The van der Waals surface area contributed by atoms with Gasteiger partial charge in [0.05, 0.1) is 5.02 Å². The van der Waals surface area contributed by atoms with Gasteiger partial charge in [0.2, 0.25) is 10.0 Å². The van der Waals surface area contributed by atoms with E-state index in [0.29, 0.717) is 6.54 Å². The first-order chi connectivity index (χ1) is 9.98. The van der Waals surface area contributed by atoms with E-state index in [1.807, 2.05) is 16.8 Å². The summed E-state index contributed by atoms with van der Waals surface area (Å²) in [5.74, 6) is 0.131. The molecule has 0 bridgehead atoms. The summed E-state index contributed by atoms with van der Waals surface area (Å²) in [7, 11) is -3.62. The third kappa shape index (κ3) is 3.06. The molecule has 0 unspecified atom stereocenters. The van der Waals surface area contributed by atoms with Crippen molar-refractivity contribution in [1.29, 1.82) is 0 Å². The number of hydrogen-bond acceptors (Lipinski definition) is 5. The van der Waals surface area contributed by atoms with Crippen molar-refractivity contribution in [1.82, 2.24) is 9.29 Å². The number of nitrogen functional groups attached to an aromatic ring is 1. The molecule has 0 radical (unpaired) electrons. The predicted octanol–water partition coefficient (Wildman–Crippen LogP) is 2.73. The van der Waals surface area contributed by atoms with Gasteiger partial charge in [-0.1, -0.05) is 11.6 Å². The fourth-order valence-corrected chi connectivity index (χ4v) is 4.58. The van der Waals surface area contributed by atoms with Gasteiger partial charge in [0.1, 0.15) is 10.7 Å². The Morgan fingerprint density at radius 3 is 2.81 bits per heavy atom. The summed E-state index contributed by atoms with van der Waals surface area (Å²) in [6.07, 6.45) is 3.04. The summed E-state index contributed by atoms with van der Waals surface area (Å²) in [5.41, 5.74) is 6.53. The third-order valence-corrected chi connectivity index (χ3v) is 6.22. The molecule has 0 aliphatic heterocycles. The molecule has 2 N–H and O–H groups in total. The van der Waals surface area contributed by atoms with Gasteiger partial charge in [-0.05, 0) is 41.3 Å². The van der Waals surface area contributed by atoms with Crippen LogP contribution in [0.1, 0.15) is 18.4 Å². The second-order valence-corrected chi connectivity index (χ2v) is 8.03. The van der Waals surface area contributed by atoms with Crippen LogP contribution >= 0.6 is 22.9 Å². The molecule has 2 aromatic rings. The Morgan fingerprint density at radius 1 is 1.48 bits per heavy atom. The van der Waals surface area contributed by atoms with Crippen LogP contribution in [-0.2, 0) is 16.6 Å². The number of hydrogen-bond donors (Lipinski definition) is 1. The zero-order valence-electron chi connectivity index (χ0n) is 11.1. The molecular weight excluding hydrogens is 330 g/mol. The van der Waals surface area contributed by atoms with E-state index < -0.39 is 10.0 Å². The van der Waals surface area contributed by atoms with Crippen molar-refractivity contribution in [3.8, 4) is 0 Å². The molecule has 3 rings (SSSR count). The number of thiophene rings is 1. The van der Waals surface area contributed by atoms with Gasteiger partial charge in [0.15, 0.2) is 0 Å². The van der Waals surface area contributed by atoms with Crippen LogP contribution < -0.4 is 5.73 Å². The first-order valence-corrected chi connectivity index (χ1v) is 9.18. The highest BCUT2D eigenvalue weighted by atomic mass is 35.5. The molecule has 112 valence electrons. The van der Waals surface area contributed by atoms with Crippen molar-refractivity contribution in [3.05, 3.63) is 39.7 Å². The van der Waals surface area contributed by atoms with Gasteiger partial charge in [-0.15, -0.1) is 0 Å². The summed E-state index contributed by atoms with van der Waals surface area (Å²) in [4.78, 5) is 3.93. The summed E-state index contributed by atoms with van der Waals surface area (Å²) in [5, 5.41) is 4.05. The lowest BCUT2D eigenvalue weighted by Gasteiger charge is -2.21. The van der Waals surface area contributed by atoms with E-state index in [4.69, 9.17) is 17.3 Å². The maximum atomic E-state index is 12.8. The minimum Gasteiger partial charge on any atom is -0.382 e. The maximum Gasteiger partial charge on any atom is 0.245 e. The third-order valence-electron chi connectivity index (χ3n) is 3.32. The van der Waals surface area contributed by atoms with Crippen molar-refractivity contribution in [3.63, 3.8) is 0 Å².